The molecule has 0 amide bonds. The summed E-state index contributed by atoms with van der Waals surface area (Å²) in [6, 6.07) is 17.9. The zero-order valence-electron chi connectivity index (χ0n) is 17.8. The van der Waals surface area contributed by atoms with E-state index in [9.17, 15) is 5.26 Å². The van der Waals surface area contributed by atoms with Gasteiger partial charge in [0.05, 0.1) is 11.1 Å². The summed E-state index contributed by atoms with van der Waals surface area (Å²) in [5.74, 6) is 0. The Morgan fingerprint density at radius 1 is 0.714 bits per heavy atom. The molecule has 28 heavy (non-hydrogen) atoms. The van der Waals surface area contributed by atoms with Crippen LogP contribution in [-0.4, -0.2) is 25.2 Å². The van der Waals surface area contributed by atoms with Crippen LogP contribution < -0.4 is 5.19 Å². The highest BCUT2D eigenvalue weighted by atomic mass is 28.5. The smallest absolute Gasteiger partial charge is 0.311 e. The van der Waals surface area contributed by atoms with Crippen LogP contribution in [0.3, 0.4) is 0 Å². The molecule has 4 nitrogen and oxygen atoms in total. The summed E-state index contributed by atoms with van der Waals surface area (Å²) < 4.78 is 13.0. The average molecular weight is 425 g/mol. The van der Waals surface area contributed by atoms with E-state index in [1.807, 2.05) is 18.2 Å². The maximum atomic E-state index is 9.30. The zero-order chi connectivity index (χ0) is 21.2. The fourth-order valence-electron chi connectivity index (χ4n) is 3.42. The van der Waals surface area contributed by atoms with Crippen LogP contribution in [0.5, 0.6) is 0 Å². The topological polar surface area (TPSA) is 66.0 Å². The summed E-state index contributed by atoms with van der Waals surface area (Å²) in [5.41, 5.74) is 2.75. The van der Waals surface area contributed by atoms with E-state index < -0.39 is 25.2 Å². The normalized spacial score (nSPS) is 12.3. The lowest BCUT2D eigenvalue weighted by Gasteiger charge is -2.37. The highest BCUT2D eigenvalue weighted by Crippen LogP contribution is 2.24. The third-order valence-electron chi connectivity index (χ3n) is 4.20. The first-order valence-corrected chi connectivity index (χ1v) is 18.5. The molecule has 0 bridgehead atoms. The van der Waals surface area contributed by atoms with Crippen LogP contribution >= 0.6 is 0 Å². The zero-order valence-corrected chi connectivity index (χ0v) is 20.8. The molecule has 146 valence electrons. The van der Waals surface area contributed by atoms with Crippen LogP contribution in [0.2, 0.25) is 45.8 Å². The Hall–Kier alpha value is -2.01. The van der Waals surface area contributed by atoms with Crippen molar-refractivity contribution >= 4 is 30.4 Å². The predicted octanol–water partition coefficient (Wildman–Crippen LogP) is 5.08. The van der Waals surface area contributed by atoms with E-state index in [2.05, 4.69) is 70.1 Å². The van der Waals surface area contributed by atoms with Gasteiger partial charge in [-0.05, 0) is 74.3 Å². The summed E-state index contributed by atoms with van der Waals surface area (Å²) >= 11 is 0. The predicted molar refractivity (Wildman–Crippen MR) is 121 cm³/mol. The summed E-state index contributed by atoms with van der Waals surface area (Å²) in [6.07, 6.45) is 0. The molecule has 0 N–H and O–H groups in total. The first-order valence-electron chi connectivity index (χ1n) is 9.32. The van der Waals surface area contributed by atoms with E-state index in [0.29, 0.717) is 11.1 Å². The number of nitrogens with zero attached hydrogens (tertiary/aromatic N) is 2. The van der Waals surface area contributed by atoms with E-state index in [4.69, 9.17) is 13.5 Å². The quantitative estimate of drug-likeness (QED) is 0.607. The van der Waals surface area contributed by atoms with Gasteiger partial charge in [0, 0.05) is 0 Å². The molecular weight excluding hydrogens is 397 g/mol. The monoisotopic (exact) mass is 424 g/mol. The third kappa shape index (κ3) is 5.74. The minimum absolute atomic E-state index is 0.398. The van der Waals surface area contributed by atoms with Gasteiger partial charge in [-0.15, -0.1) is 0 Å². The SMILES string of the molecule is C[Si](C)(C)O[Si](C)(C)O[Si](C)(C)c1cccc(-c2ccc(C#N)c(C#N)c2)c1. The first-order chi connectivity index (χ1) is 12.9. The van der Waals surface area contributed by atoms with Crippen molar-refractivity contribution in [2.24, 2.45) is 0 Å². The largest absolute Gasteiger partial charge is 0.437 e. The van der Waals surface area contributed by atoms with E-state index in [1.54, 1.807) is 12.1 Å². The fourth-order valence-corrected chi connectivity index (χ4v) is 16.2. The summed E-state index contributed by atoms with van der Waals surface area (Å²) in [6.45, 7) is 15.2. The van der Waals surface area contributed by atoms with Crippen molar-refractivity contribution in [2.45, 2.75) is 45.8 Å². The molecule has 0 atom stereocenters. The van der Waals surface area contributed by atoms with Crippen LogP contribution in [0.4, 0.5) is 0 Å². The lowest BCUT2D eigenvalue weighted by molar-refractivity contribution is 0.398. The Balaban J connectivity index is 2.37. The Kier molecular flexibility index (Phi) is 6.49. The average Bonchev–Trinajstić information content (AvgIpc) is 2.58. The number of benzene rings is 2. The van der Waals surface area contributed by atoms with Crippen LogP contribution in [0.15, 0.2) is 42.5 Å². The summed E-state index contributed by atoms with van der Waals surface area (Å²) in [5, 5.41) is 19.6. The molecule has 0 radical (unpaired) electrons. The van der Waals surface area contributed by atoms with E-state index in [0.717, 1.165) is 11.1 Å². The van der Waals surface area contributed by atoms with E-state index in [1.165, 1.54) is 5.19 Å². The summed E-state index contributed by atoms with van der Waals surface area (Å²) in [4.78, 5) is 0. The highest BCUT2D eigenvalue weighted by Gasteiger charge is 2.39. The second kappa shape index (κ2) is 8.16. The molecule has 0 saturated heterocycles. The van der Waals surface area contributed by atoms with Gasteiger partial charge in [-0.25, -0.2) is 0 Å². The molecule has 0 saturated carbocycles. The molecule has 7 heteroatoms. The molecular formula is C21H28N2O2Si3. The molecule has 0 aliphatic carbocycles. The molecule has 0 aliphatic rings. The van der Waals surface area contributed by atoms with Crippen molar-refractivity contribution < 1.29 is 8.23 Å². The van der Waals surface area contributed by atoms with Crippen LogP contribution in [-0.2, 0) is 8.23 Å². The standard InChI is InChI=1S/C21H28N2O2Si3/c1-26(2,3)24-28(6,7)25-27(4,5)21-10-8-9-17(14-21)18-11-12-19(15-22)20(13-18)16-23/h8-14H,1-7H3. The third-order valence-corrected chi connectivity index (χ3v) is 14.3. The van der Waals surface area contributed by atoms with Crippen molar-refractivity contribution in [3.63, 3.8) is 0 Å². The Labute approximate surface area is 171 Å². The lowest BCUT2D eigenvalue weighted by atomic mass is 10.0. The molecule has 0 aliphatic heterocycles. The first kappa shape index (κ1) is 22.3. The van der Waals surface area contributed by atoms with Crippen molar-refractivity contribution in [1.82, 2.24) is 0 Å². The number of hydrogen-bond donors (Lipinski definition) is 0. The number of nitriles is 2. The van der Waals surface area contributed by atoms with Gasteiger partial charge in [0.25, 0.3) is 0 Å². The Morgan fingerprint density at radius 3 is 1.89 bits per heavy atom. The molecule has 2 rings (SSSR count). The van der Waals surface area contributed by atoms with Gasteiger partial charge >= 0.3 is 8.56 Å². The minimum atomic E-state index is -2.24. The van der Waals surface area contributed by atoms with Crippen molar-refractivity contribution in [3.8, 4) is 23.3 Å². The summed E-state index contributed by atoms with van der Waals surface area (Å²) in [7, 11) is -6.09. The van der Waals surface area contributed by atoms with Crippen LogP contribution in [0.25, 0.3) is 11.1 Å². The Bertz CT molecular complexity index is 951. The van der Waals surface area contributed by atoms with Crippen molar-refractivity contribution in [2.75, 3.05) is 0 Å². The van der Waals surface area contributed by atoms with Crippen molar-refractivity contribution in [3.05, 3.63) is 53.6 Å². The van der Waals surface area contributed by atoms with Gasteiger partial charge < -0.3 is 8.23 Å². The molecule has 0 fully saturated rings. The maximum Gasteiger partial charge on any atom is 0.311 e. The van der Waals surface area contributed by atoms with E-state index >= 15 is 0 Å². The molecule has 0 spiro atoms. The molecule has 0 aromatic heterocycles. The van der Waals surface area contributed by atoms with Gasteiger partial charge in [0.15, 0.2) is 8.32 Å². The van der Waals surface area contributed by atoms with Crippen molar-refractivity contribution in [1.29, 1.82) is 10.5 Å². The lowest BCUT2D eigenvalue weighted by Crippen LogP contribution is -2.56. The van der Waals surface area contributed by atoms with Gasteiger partial charge in [0.1, 0.15) is 12.1 Å². The molecule has 0 heterocycles. The fraction of sp³-hybridized carbons (Fsp3) is 0.333. The number of rotatable bonds is 6. The second-order valence-corrected chi connectivity index (χ2v) is 21.0. The van der Waals surface area contributed by atoms with Crippen LogP contribution in [0.1, 0.15) is 11.1 Å². The number of hydrogen-bond acceptors (Lipinski definition) is 4. The Morgan fingerprint density at radius 2 is 1.32 bits per heavy atom. The minimum Gasteiger partial charge on any atom is -0.437 e. The van der Waals surface area contributed by atoms with Crippen LogP contribution in [0, 0.1) is 22.7 Å². The van der Waals surface area contributed by atoms with Gasteiger partial charge in [-0.3, -0.25) is 0 Å². The van der Waals surface area contributed by atoms with Gasteiger partial charge in [-0.2, -0.15) is 10.5 Å². The molecule has 0 unspecified atom stereocenters. The van der Waals surface area contributed by atoms with Gasteiger partial charge in [-0.1, -0.05) is 30.3 Å². The maximum absolute atomic E-state index is 9.30. The molecule has 2 aromatic rings. The van der Waals surface area contributed by atoms with Gasteiger partial charge in [0.2, 0.25) is 8.32 Å². The van der Waals surface area contributed by atoms with E-state index in [-0.39, 0.29) is 0 Å². The molecule has 2 aromatic carbocycles. The second-order valence-electron chi connectivity index (χ2n) is 8.79. The highest BCUT2D eigenvalue weighted by molar-refractivity contribution is 6.93.